The molecule has 0 spiro atoms. The van der Waals surface area contributed by atoms with Gasteiger partial charge in [0.05, 0.1) is 5.69 Å². The van der Waals surface area contributed by atoms with Crippen molar-refractivity contribution in [1.29, 1.82) is 0 Å². The number of thiazole rings is 1. The van der Waals surface area contributed by atoms with Crippen LogP contribution in [0.2, 0.25) is 0 Å². The Kier molecular flexibility index (Phi) is 3.53. The third-order valence-corrected chi connectivity index (χ3v) is 3.81. The molecule has 0 saturated carbocycles. The highest BCUT2D eigenvalue weighted by atomic mass is 32.1. The van der Waals surface area contributed by atoms with E-state index in [4.69, 9.17) is 9.84 Å². The SMILES string of the molecule is Cc1ccc2cccc(OCc3csc(C(=O)O)n3)c2n1. The molecule has 0 saturated heterocycles. The van der Waals surface area contributed by atoms with Crippen molar-refractivity contribution < 1.29 is 14.6 Å². The number of hydrogen-bond acceptors (Lipinski definition) is 5. The van der Waals surface area contributed by atoms with Crippen molar-refractivity contribution in [1.82, 2.24) is 9.97 Å². The number of carboxylic acid groups (broad SMARTS) is 1. The molecule has 0 unspecified atom stereocenters. The quantitative estimate of drug-likeness (QED) is 0.800. The summed E-state index contributed by atoms with van der Waals surface area (Å²) < 4.78 is 5.74. The zero-order chi connectivity index (χ0) is 14.8. The van der Waals surface area contributed by atoms with E-state index < -0.39 is 5.97 Å². The van der Waals surface area contributed by atoms with E-state index in [1.165, 1.54) is 0 Å². The van der Waals surface area contributed by atoms with Gasteiger partial charge < -0.3 is 9.84 Å². The summed E-state index contributed by atoms with van der Waals surface area (Å²) in [6.45, 7) is 2.15. The molecule has 0 radical (unpaired) electrons. The molecule has 0 atom stereocenters. The maximum atomic E-state index is 10.8. The summed E-state index contributed by atoms with van der Waals surface area (Å²) in [7, 11) is 0. The third-order valence-electron chi connectivity index (χ3n) is 2.93. The number of carbonyl (C=O) groups is 1. The summed E-state index contributed by atoms with van der Waals surface area (Å²) in [5, 5.41) is 11.6. The summed E-state index contributed by atoms with van der Waals surface area (Å²) in [5.74, 6) is -0.352. The lowest BCUT2D eigenvalue weighted by atomic mass is 10.2. The average molecular weight is 300 g/mol. The minimum Gasteiger partial charge on any atom is -0.485 e. The minimum absolute atomic E-state index is 0.0699. The fourth-order valence-corrected chi connectivity index (χ4v) is 2.60. The number of aromatic carboxylic acids is 1. The van der Waals surface area contributed by atoms with Crippen LogP contribution in [0.3, 0.4) is 0 Å². The molecule has 0 bridgehead atoms. The summed E-state index contributed by atoms with van der Waals surface area (Å²) >= 11 is 1.09. The molecule has 0 aliphatic carbocycles. The van der Waals surface area contributed by atoms with Crippen LogP contribution in [-0.4, -0.2) is 21.0 Å². The Bertz CT molecular complexity index is 814. The molecular weight excluding hydrogens is 288 g/mol. The van der Waals surface area contributed by atoms with Crippen molar-refractivity contribution in [3.63, 3.8) is 0 Å². The van der Waals surface area contributed by atoms with E-state index in [0.29, 0.717) is 11.4 Å². The Balaban J connectivity index is 1.84. The fraction of sp³-hybridized carbons (Fsp3) is 0.133. The number of carboxylic acids is 1. The molecule has 0 aliphatic heterocycles. The zero-order valence-corrected chi connectivity index (χ0v) is 12.1. The number of aryl methyl sites for hydroxylation is 1. The highest BCUT2D eigenvalue weighted by Gasteiger charge is 2.10. The minimum atomic E-state index is -1.02. The number of rotatable bonds is 4. The molecular formula is C15H12N2O3S. The molecule has 106 valence electrons. The van der Waals surface area contributed by atoms with Gasteiger partial charge in [-0.25, -0.2) is 14.8 Å². The molecule has 1 N–H and O–H groups in total. The molecule has 0 fully saturated rings. The van der Waals surface area contributed by atoms with E-state index in [9.17, 15) is 4.79 Å². The molecule has 2 heterocycles. The predicted octanol–water partition coefficient (Wildman–Crippen LogP) is 3.28. The Morgan fingerprint density at radius 1 is 1.29 bits per heavy atom. The van der Waals surface area contributed by atoms with Gasteiger partial charge >= 0.3 is 5.97 Å². The van der Waals surface area contributed by atoms with Crippen LogP contribution in [0.5, 0.6) is 5.75 Å². The first kappa shape index (κ1) is 13.5. The van der Waals surface area contributed by atoms with Crippen LogP contribution in [0.1, 0.15) is 21.2 Å². The van der Waals surface area contributed by atoms with Gasteiger partial charge in [0.2, 0.25) is 5.01 Å². The van der Waals surface area contributed by atoms with E-state index >= 15 is 0 Å². The van der Waals surface area contributed by atoms with E-state index in [1.54, 1.807) is 5.38 Å². The van der Waals surface area contributed by atoms with Gasteiger partial charge in [-0.2, -0.15) is 0 Å². The van der Waals surface area contributed by atoms with Gasteiger partial charge in [0.1, 0.15) is 17.9 Å². The Morgan fingerprint density at radius 2 is 2.14 bits per heavy atom. The van der Waals surface area contributed by atoms with Crippen molar-refractivity contribution in [3.05, 3.63) is 52.1 Å². The molecule has 6 heteroatoms. The predicted molar refractivity (Wildman–Crippen MR) is 79.9 cm³/mol. The Labute approximate surface area is 124 Å². The average Bonchev–Trinajstić information content (AvgIpc) is 2.94. The van der Waals surface area contributed by atoms with Crippen molar-refractivity contribution in [3.8, 4) is 5.75 Å². The smallest absolute Gasteiger partial charge is 0.365 e. The summed E-state index contributed by atoms with van der Waals surface area (Å²) in [6.07, 6.45) is 0. The number of ether oxygens (including phenoxy) is 1. The van der Waals surface area contributed by atoms with Gasteiger partial charge in [0.15, 0.2) is 0 Å². The first-order chi connectivity index (χ1) is 10.1. The van der Waals surface area contributed by atoms with Gasteiger partial charge in [-0.05, 0) is 19.1 Å². The summed E-state index contributed by atoms with van der Waals surface area (Å²) in [6, 6.07) is 9.67. The maximum Gasteiger partial charge on any atom is 0.365 e. The summed E-state index contributed by atoms with van der Waals surface area (Å²) in [4.78, 5) is 19.3. The Morgan fingerprint density at radius 3 is 2.90 bits per heavy atom. The molecule has 0 amide bonds. The van der Waals surface area contributed by atoms with Crippen LogP contribution in [0.25, 0.3) is 10.9 Å². The third kappa shape index (κ3) is 2.85. The first-order valence-corrected chi connectivity index (χ1v) is 7.18. The second-order valence-corrected chi connectivity index (χ2v) is 5.38. The molecule has 0 aliphatic rings. The summed E-state index contributed by atoms with van der Waals surface area (Å²) in [5.41, 5.74) is 2.31. The second-order valence-electron chi connectivity index (χ2n) is 4.52. The number of hydrogen-bond donors (Lipinski definition) is 1. The molecule has 3 aromatic rings. The number of nitrogens with zero attached hydrogens (tertiary/aromatic N) is 2. The van der Waals surface area contributed by atoms with Crippen LogP contribution in [0, 0.1) is 6.92 Å². The van der Waals surface area contributed by atoms with Crippen molar-refractivity contribution in [2.24, 2.45) is 0 Å². The standard InChI is InChI=1S/C15H12N2O3S/c1-9-5-6-10-3-2-4-12(13(10)16-9)20-7-11-8-21-14(17-11)15(18)19/h2-6,8H,7H2,1H3,(H,18,19). The van der Waals surface area contributed by atoms with Crippen LogP contribution >= 0.6 is 11.3 Å². The van der Waals surface area contributed by atoms with Crippen LogP contribution in [0.4, 0.5) is 0 Å². The lowest BCUT2D eigenvalue weighted by Gasteiger charge is -2.07. The molecule has 3 rings (SSSR count). The highest BCUT2D eigenvalue weighted by Crippen LogP contribution is 2.25. The molecule has 21 heavy (non-hydrogen) atoms. The zero-order valence-electron chi connectivity index (χ0n) is 11.2. The molecule has 5 nitrogen and oxygen atoms in total. The number of benzene rings is 1. The fourth-order valence-electron chi connectivity index (χ4n) is 1.96. The Hall–Kier alpha value is -2.47. The van der Waals surface area contributed by atoms with Crippen molar-refractivity contribution >= 4 is 28.2 Å². The van der Waals surface area contributed by atoms with Crippen LogP contribution in [-0.2, 0) is 6.61 Å². The van der Waals surface area contributed by atoms with Crippen LogP contribution in [0.15, 0.2) is 35.7 Å². The largest absolute Gasteiger partial charge is 0.485 e. The lowest BCUT2D eigenvalue weighted by molar-refractivity contribution is 0.0696. The van der Waals surface area contributed by atoms with E-state index in [1.807, 2.05) is 37.3 Å². The van der Waals surface area contributed by atoms with Gasteiger partial charge in [-0.15, -0.1) is 11.3 Å². The molecule has 2 aromatic heterocycles. The van der Waals surface area contributed by atoms with E-state index in [-0.39, 0.29) is 11.6 Å². The second kappa shape index (κ2) is 5.49. The van der Waals surface area contributed by atoms with E-state index in [2.05, 4.69) is 9.97 Å². The monoisotopic (exact) mass is 300 g/mol. The van der Waals surface area contributed by atoms with E-state index in [0.717, 1.165) is 27.9 Å². The topological polar surface area (TPSA) is 72.3 Å². The number of para-hydroxylation sites is 1. The number of fused-ring (bicyclic) bond motifs is 1. The first-order valence-electron chi connectivity index (χ1n) is 6.30. The normalized spacial score (nSPS) is 10.7. The van der Waals surface area contributed by atoms with Gasteiger partial charge in [-0.3, -0.25) is 0 Å². The number of pyridine rings is 1. The molecule has 1 aromatic carbocycles. The lowest BCUT2D eigenvalue weighted by Crippen LogP contribution is -2.00. The maximum absolute atomic E-state index is 10.8. The number of aromatic nitrogens is 2. The van der Waals surface area contributed by atoms with Crippen molar-refractivity contribution in [2.45, 2.75) is 13.5 Å². The van der Waals surface area contributed by atoms with Crippen LogP contribution < -0.4 is 4.74 Å². The van der Waals surface area contributed by atoms with Gasteiger partial charge in [0.25, 0.3) is 0 Å². The van der Waals surface area contributed by atoms with Gasteiger partial charge in [-0.1, -0.05) is 18.2 Å². The van der Waals surface area contributed by atoms with Crippen molar-refractivity contribution in [2.75, 3.05) is 0 Å². The van der Waals surface area contributed by atoms with Gasteiger partial charge in [0, 0.05) is 16.5 Å². The highest BCUT2D eigenvalue weighted by molar-refractivity contribution is 7.11.